The maximum atomic E-state index is 13.0. The van der Waals surface area contributed by atoms with Crippen LogP contribution < -0.4 is 14.5 Å². The molecule has 2 aromatic rings. The van der Waals surface area contributed by atoms with E-state index in [9.17, 15) is 9.50 Å². The average Bonchev–Trinajstić information content (AvgIpc) is 2.68. The summed E-state index contributed by atoms with van der Waals surface area (Å²) in [6.07, 6.45) is -0.544. The van der Waals surface area contributed by atoms with Gasteiger partial charge in [0, 0.05) is 5.69 Å². The molecule has 0 saturated carbocycles. The largest absolute Gasteiger partial charge is 0.491 e. The Bertz CT molecular complexity index is 735. The molecule has 2 aromatic carbocycles. The van der Waals surface area contributed by atoms with Crippen LogP contribution in [-0.2, 0) is 0 Å². The molecule has 0 unspecified atom stereocenters. The summed E-state index contributed by atoms with van der Waals surface area (Å²) in [5.41, 5.74) is 1.62. The number of ether oxygens (including phenoxy) is 1. The van der Waals surface area contributed by atoms with Crippen LogP contribution in [0.4, 0.5) is 10.1 Å². The number of nitriles is 1. The molecule has 0 aromatic heterocycles. The predicted molar refractivity (Wildman–Crippen MR) is 96.8 cm³/mol. The van der Waals surface area contributed by atoms with Crippen LogP contribution in [0.2, 0.25) is 0 Å². The van der Waals surface area contributed by atoms with Crippen molar-refractivity contribution >= 4 is 5.69 Å². The second-order valence-electron chi connectivity index (χ2n) is 6.52. The first kappa shape index (κ1) is 18.2. The van der Waals surface area contributed by atoms with Crippen LogP contribution >= 0.6 is 0 Å². The average molecular weight is 356 g/mol. The predicted octanol–water partition coefficient (Wildman–Crippen LogP) is 0.842. The number of aliphatic hydroxyl groups is 1. The zero-order valence-electron chi connectivity index (χ0n) is 14.6. The number of nitrogens with zero attached hydrogens (tertiary/aromatic N) is 2. The third kappa shape index (κ3) is 4.94. The first-order chi connectivity index (χ1) is 12.6. The van der Waals surface area contributed by atoms with Crippen LogP contribution in [0.5, 0.6) is 5.75 Å². The molecule has 1 atom stereocenters. The Morgan fingerprint density at radius 1 is 1.12 bits per heavy atom. The molecule has 1 fully saturated rings. The Kier molecular flexibility index (Phi) is 6.05. The lowest BCUT2D eigenvalue weighted by Crippen LogP contribution is -3.16. The molecule has 3 rings (SSSR count). The van der Waals surface area contributed by atoms with Crippen molar-refractivity contribution in [1.29, 1.82) is 5.26 Å². The molecule has 0 spiro atoms. The maximum Gasteiger partial charge on any atom is 0.137 e. The molecule has 5 nitrogen and oxygen atoms in total. The fraction of sp³-hybridized carbons (Fsp3) is 0.350. The lowest BCUT2D eigenvalue weighted by molar-refractivity contribution is -0.903. The van der Waals surface area contributed by atoms with Crippen molar-refractivity contribution in [2.24, 2.45) is 0 Å². The van der Waals surface area contributed by atoms with E-state index < -0.39 is 6.10 Å². The molecule has 0 amide bonds. The van der Waals surface area contributed by atoms with Gasteiger partial charge in [0.05, 0.1) is 37.8 Å². The number of hydrogen-bond acceptors (Lipinski definition) is 4. The van der Waals surface area contributed by atoms with Crippen LogP contribution in [0.25, 0.3) is 0 Å². The van der Waals surface area contributed by atoms with Gasteiger partial charge < -0.3 is 19.6 Å². The van der Waals surface area contributed by atoms with Gasteiger partial charge in [0.1, 0.15) is 30.8 Å². The van der Waals surface area contributed by atoms with Gasteiger partial charge in [-0.2, -0.15) is 5.26 Å². The number of quaternary nitrogens is 1. The molecular formula is C20H23FN3O2+. The second kappa shape index (κ2) is 8.65. The minimum Gasteiger partial charge on any atom is -0.491 e. The van der Waals surface area contributed by atoms with Gasteiger partial charge in [0.25, 0.3) is 0 Å². The molecule has 26 heavy (non-hydrogen) atoms. The van der Waals surface area contributed by atoms with E-state index in [1.165, 1.54) is 17.0 Å². The van der Waals surface area contributed by atoms with Crippen molar-refractivity contribution in [3.05, 3.63) is 59.9 Å². The van der Waals surface area contributed by atoms with E-state index in [1.54, 1.807) is 36.4 Å². The van der Waals surface area contributed by atoms with Gasteiger partial charge >= 0.3 is 0 Å². The second-order valence-corrected chi connectivity index (χ2v) is 6.52. The number of anilines is 1. The van der Waals surface area contributed by atoms with Crippen LogP contribution in [0, 0.1) is 17.1 Å². The topological polar surface area (TPSA) is 60.9 Å². The standard InChI is InChI=1S/C20H22FN3O2/c21-17-3-5-18(6-4-17)24-11-9-23(10-12-24)14-19(25)15-26-20-7-1-16(13-22)2-8-20/h1-8,19,25H,9-12,14-15H2/p+1/t19-/m1/s1. The van der Waals surface area contributed by atoms with Crippen molar-refractivity contribution in [3.63, 3.8) is 0 Å². The number of hydrogen-bond donors (Lipinski definition) is 2. The highest BCUT2D eigenvalue weighted by Crippen LogP contribution is 2.14. The van der Waals surface area contributed by atoms with Crippen molar-refractivity contribution in [1.82, 2.24) is 0 Å². The van der Waals surface area contributed by atoms with E-state index >= 15 is 0 Å². The quantitative estimate of drug-likeness (QED) is 0.805. The van der Waals surface area contributed by atoms with Crippen LogP contribution in [0.1, 0.15) is 5.56 Å². The first-order valence-corrected chi connectivity index (χ1v) is 8.79. The highest BCUT2D eigenvalue weighted by molar-refractivity contribution is 5.46. The number of nitrogens with one attached hydrogen (secondary N) is 1. The number of benzene rings is 2. The molecule has 1 saturated heterocycles. The van der Waals surface area contributed by atoms with Crippen molar-refractivity contribution in [2.75, 3.05) is 44.2 Å². The van der Waals surface area contributed by atoms with Gasteiger partial charge in [-0.3, -0.25) is 0 Å². The Hall–Kier alpha value is -2.62. The smallest absolute Gasteiger partial charge is 0.137 e. The Balaban J connectivity index is 1.40. The molecule has 6 heteroatoms. The molecule has 1 aliphatic heterocycles. The zero-order chi connectivity index (χ0) is 18.4. The van der Waals surface area contributed by atoms with Crippen LogP contribution in [0.15, 0.2) is 48.5 Å². The van der Waals surface area contributed by atoms with Gasteiger partial charge in [0.2, 0.25) is 0 Å². The van der Waals surface area contributed by atoms with Crippen LogP contribution in [-0.4, -0.2) is 50.5 Å². The van der Waals surface area contributed by atoms with Crippen molar-refractivity contribution < 1.29 is 19.1 Å². The molecule has 2 N–H and O–H groups in total. The van der Waals surface area contributed by atoms with E-state index in [-0.39, 0.29) is 12.4 Å². The van der Waals surface area contributed by atoms with Gasteiger partial charge in [-0.25, -0.2) is 4.39 Å². The van der Waals surface area contributed by atoms with Crippen molar-refractivity contribution in [3.8, 4) is 11.8 Å². The number of rotatable bonds is 6. The summed E-state index contributed by atoms with van der Waals surface area (Å²) in [5, 5.41) is 19.0. The molecule has 0 bridgehead atoms. The molecule has 1 aliphatic rings. The van der Waals surface area contributed by atoms with Gasteiger partial charge in [-0.1, -0.05) is 0 Å². The lowest BCUT2D eigenvalue weighted by Gasteiger charge is -2.34. The van der Waals surface area contributed by atoms with Crippen LogP contribution in [0.3, 0.4) is 0 Å². The SMILES string of the molecule is N#Cc1ccc(OC[C@H](O)C[NH+]2CCN(c3ccc(F)cc3)CC2)cc1. The minimum atomic E-state index is -0.544. The van der Waals surface area contributed by atoms with Gasteiger partial charge in [-0.15, -0.1) is 0 Å². The minimum absolute atomic E-state index is 0.219. The highest BCUT2D eigenvalue weighted by atomic mass is 19.1. The summed E-state index contributed by atoms with van der Waals surface area (Å²) in [6.45, 7) is 4.47. The molecule has 0 aliphatic carbocycles. The van der Waals surface area contributed by atoms with E-state index in [2.05, 4.69) is 11.0 Å². The molecule has 136 valence electrons. The summed E-state index contributed by atoms with van der Waals surface area (Å²) < 4.78 is 18.6. The Morgan fingerprint density at radius 3 is 2.38 bits per heavy atom. The number of piperazine rings is 1. The monoisotopic (exact) mass is 356 g/mol. The van der Waals surface area contributed by atoms with E-state index in [0.29, 0.717) is 17.9 Å². The highest BCUT2D eigenvalue weighted by Gasteiger charge is 2.22. The summed E-state index contributed by atoms with van der Waals surface area (Å²) in [6, 6.07) is 15.5. The third-order valence-corrected chi connectivity index (χ3v) is 4.61. The fourth-order valence-corrected chi connectivity index (χ4v) is 3.15. The molecular weight excluding hydrogens is 333 g/mol. The summed E-state index contributed by atoms with van der Waals surface area (Å²) in [5.74, 6) is 0.433. The number of aliphatic hydroxyl groups excluding tert-OH is 1. The first-order valence-electron chi connectivity index (χ1n) is 8.79. The van der Waals surface area contributed by atoms with E-state index in [0.717, 1.165) is 31.9 Å². The Labute approximate surface area is 152 Å². The number of halogens is 1. The Morgan fingerprint density at radius 2 is 1.77 bits per heavy atom. The maximum absolute atomic E-state index is 13.0. The fourth-order valence-electron chi connectivity index (χ4n) is 3.15. The summed E-state index contributed by atoms with van der Waals surface area (Å²) in [4.78, 5) is 3.57. The molecule has 1 heterocycles. The van der Waals surface area contributed by atoms with Crippen molar-refractivity contribution in [2.45, 2.75) is 6.10 Å². The zero-order valence-corrected chi connectivity index (χ0v) is 14.6. The molecule has 0 radical (unpaired) electrons. The summed E-state index contributed by atoms with van der Waals surface area (Å²) >= 11 is 0. The van der Waals surface area contributed by atoms with Gasteiger partial charge in [0.15, 0.2) is 0 Å². The van der Waals surface area contributed by atoms with E-state index in [1.807, 2.05) is 0 Å². The third-order valence-electron chi connectivity index (χ3n) is 4.61. The van der Waals surface area contributed by atoms with E-state index in [4.69, 9.17) is 10.00 Å². The lowest BCUT2D eigenvalue weighted by atomic mass is 10.2. The normalized spacial score (nSPS) is 16.1. The van der Waals surface area contributed by atoms with Gasteiger partial charge in [-0.05, 0) is 48.5 Å². The summed E-state index contributed by atoms with van der Waals surface area (Å²) in [7, 11) is 0.